The molecule has 0 aliphatic rings. The number of rotatable bonds is 8. The van der Waals surface area contributed by atoms with Crippen LogP contribution in [0.4, 0.5) is 0 Å². The van der Waals surface area contributed by atoms with Crippen molar-refractivity contribution >= 4 is 11.3 Å². The number of hydrogen-bond acceptors (Lipinski definition) is 5. The molecular formula is C14H20O4S. The summed E-state index contributed by atoms with van der Waals surface area (Å²) in [5.41, 5.74) is 0. The maximum atomic E-state index is 5.34. The van der Waals surface area contributed by atoms with E-state index in [1.165, 1.54) is 4.88 Å². The normalized spacial score (nSPS) is 10.1. The van der Waals surface area contributed by atoms with E-state index in [0.29, 0.717) is 33.0 Å². The highest BCUT2D eigenvalue weighted by atomic mass is 32.1. The topological polar surface area (TPSA) is 36.9 Å². The molecule has 0 N–H and O–H groups in total. The highest BCUT2D eigenvalue weighted by Gasteiger charge is 2.01. The van der Waals surface area contributed by atoms with Crippen molar-refractivity contribution in [2.75, 3.05) is 40.1 Å². The SMILES string of the molecule is COCCOCCOCC#COc1cc(C)sc1C. The maximum Gasteiger partial charge on any atom is 0.154 e. The smallest absolute Gasteiger partial charge is 0.154 e. The quantitative estimate of drug-likeness (QED) is 0.542. The summed E-state index contributed by atoms with van der Waals surface area (Å²) in [5.74, 6) is 3.63. The van der Waals surface area contributed by atoms with Gasteiger partial charge in [-0.2, -0.15) is 0 Å². The van der Waals surface area contributed by atoms with Crippen LogP contribution in [-0.4, -0.2) is 40.1 Å². The van der Waals surface area contributed by atoms with Gasteiger partial charge in [-0.05, 0) is 25.8 Å². The monoisotopic (exact) mass is 284 g/mol. The minimum absolute atomic E-state index is 0.343. The van der Waals surface area contributed by atoms with E-state index in [4.69, 9.17) is 18.9 Å². The van der Waals surface area contributed by atoms with Crippen molar-refractivity contribution in [3.8, 4) is 17.8 Å². The first-order valence-electron chi connectivity index (χ1n) is 6.10. The van der Waals surface area contributed by atoms with Crippen LogP contribution in [-0.2, 0) is 14.2 Å². The van der Waals surface area contributed by atoms with Crippen molar-refractivity contribution in [1.29, 1.82) is 0 Å². The second kappa shape index (κ2) is 9.82. The molecule has 1 rings (SSSR count). The van der Waals surface area contributed by atoms with Gasteiger partial charge in [0.2, 0.25) is 0 Å². The molecule has 0 bridgehead atoms. The second-order valence-corrected chi connectivity index (χ2v) is 5.28. The highest BCUT2D eigenvalue weighted by molar-refractivity contribution is 7.12. The highest BCUT2D eigenvalue weighted by Crippen LogP contribution is 2.27. The van der Waals surface area contributed by atoms with Crippen LogP contribution in [0.3, 0.4) is 0 Å². The van der Waals surface area contributed by atoms with E-state index in [0.717, 1.165) is 10.6 Å². The molecule has 0 atom stereocenters. The van der Waals surface area contributed by atoms with Crippen LogP contribution in [0.25, 0.3) is 0 Å². The fraction of sp³-hybridized carbons (Fsp3) is 0.571. The summed E-state index contributed by atoms with van der Waals surface area (Å²) in [5, 5.41) is 0. The first-order chi connectivity index (χ1) is 9.24. The van der Waals surface area contributed by atoms with E-state index in [9.17, 15) is 0 Å². The zero-order chi connectivity index (χ0) is 13.9. The molecule has 0 aliphatic carbocycles. The van der Waals surface area contributed by atoms with Crippen LogP contribution in [0.2, 0.25) is 0 Å². The molecule has 0 saturated carbocycles. The molecule has 1 aromatic heterocycles. The lowest BCUT2D eigenvalue weighted by molar-refractivity contribution is 0.0323. The van der Waals surface area contributed by atoms with Gasteiger partial charge in [-0.25, -0.2) is 0 Å². The Labute approximate surface area is 118 Å². The van der Waals surface area contributed by atoms with Crippen LogP contribution >= 0.6 is 11.3 Å². The molecule has 0 radical (unpaired) electrons. The standard InChI is InChI=1S/C14H20O4S/c1-12-11-14(13(2)19-12)18-6-4-5-16-9-10-17-8-7-15-3/h11H,5,7-10H2,1-3H3. The molecule has 0 spiro atoms. The molecule has 0 fully saturated rings. The molecule has 19 heavy (non-hydrogen) atoms. The molecule has 0 amide bonds. The van der Waals surface area contributed by atoms with E-state index in [-0.39, 0.29) is 0 Å². The van der Waals surface area contributed by atoms with Crippen LogP contribution in [0.15, 0.2) is 6.07 Å². The summed E-state index contributed by atoms with van der Waals surface area (Å²) in [7, 11) is 1.64. The summed E-state index contributed by atoms with van der Waals surface area (Å²) in [6.45, 7) is 6.67. The Hall–Kier alpha value is -1.06. The Balaban J connectivity index is 2.04. The molecule has 106 valence electrons. The molecule has 5 heteroatoms. The van der Waals surface area contributed by atoms with E-state index < -0.39 is 0 Å². The first-order valence-corrected chi connectivity index (χ1v) is 6.92. The van der Waals surface area contributed by atoms with Gasteiger partial charge in [0.05, 0.1) is 26.4 Å². The zero-order valence-corrected chi connectivity index (χ0v) is 12.5. The summed E-state index contributed by atoms with van der Waals surface area (Å²) in [4.78, 5) is 2.36. The third-order valence-corrected chi connectivity index (χ3v) is 3.15. The molecule has 0 unspecified atom stereocenters. The average molecular weight is 284 g/mol. The Bertz CT molecular complexity index is 417. The summed E-state index contributed by atoms with van der Waals surface area (Å²) in [6, 6.07) is 1.99. The Morgan fingerprint density at radius 1 is 1.11 bits per heavy atom. The second-order valence-electron chi connectivity index (χ2n) is 3.82. The molecule has 0 saturated heterocycles. The van der Waals surface area contributed by atoms with E-state index >= 15 is 0 Å². The van der Waals surface area contributed by atoms with Gasteiger partial charge in [-0.3, -0.25) is 0 Å². The average Bonchev–Trinajstić information content (AvgIpc) is 2.70. The molecule has 1 heterocycles. The number of ether oxygens (including phenoxy) is 4. The zero-order valence-electron chi connectivity index (χ0n) is 11.7. The van der Waals surface area contributed by atoms with Crippen molar-refractivity contribution < 1.29 is 18.9 Å². The van der Waals surface area contributed by atoms with Gasteiger partial charge >= 0.3 is 0 Å². The number of thiophene rings is 1. The van der Waals surface area contributed by atoms with Crippen LogP contribution in [0, 0.1) is 25.9 Å². The fourth-order valence-corrected chi connectivity index (χ4v) is 2.16. The predicted molar refractivity (Wildman–Crippen MR) is 75.7 cm³/mol. The van der Waals surface area contributed by atoms with Gasteiger partial charge in [0.15, 0.2) is 5.75 Å². The van der Waals surface area contributed by atoms with E-state index in [2.05, 4.69) is 12.0 Å². The lowest BCUT2D eigenvalue weighted by atomic mass is 10.4. The van der Waals surface area contributed by atoms with Crippen LogP contribution < -0.4 is 4.74 Å². The lowest BCUT2D eigenvalue weighted by Crippen LogP contribution is -2.08. The van der Waals surface area contributed by atoms with Crippen molar-refractivity contribution in [2.24, 2.45) is 0 Å². The number of aryl methyl sites for hydroxylation is 2. The Kier molecular flexibility index (Phi) is 8.26. The van der Waals surface area contributed by atoms with Gasteiger partial charge in [-0.15, -0.1) is 11.3 Å². The predicted octanol–water partition coefficient (Wildman–Crippen LogP) is 2.38. The van der Waals surface area contributed by atoms with Crippen molar-refractivity contribution in [2.45, 2.75) is 13.8 Å². The summed E-state index contributed by atoms with van der Waals surface area (Å²) < 4.78 is 20.7. The van der Waals surface area contributed by atoms with Crippen molar-refractivity contribution in [3.05, 3.63) is 15.8 Å². The Morgan fingerprint density at radius 2 is 1.84 bits per heavy atom. The molecule has 0 aromatic carbocycles. The Morgan fingerprint density at radius 3 is 2.53 bits per heavy atom. The van der Waals surface area contributed by atoms with E-state index in [1.54, 1.807) is 18.4 Å². The number of methoxy groups -OCH3 is 1. The van der Waals surface area contributed by atoms with Crippen molar-refractivity contribution in [3.63, 3.8) is 0 Å². The van der Waals surface area contributed by atoms with E-state index in [1.807, 2.05) is 19.9 Å². The third kappa shape index (κ3) is 7.19. The van der Waals surface area contributed by atoms with Gasteiger partial charge in [0, 0.05) is 16.9 Å². The van der Waals surface area contributed by atoms with Crippen LogP contribution in [0.5, 0.6) is 5.75 Å². The molecular weight excluding hydrogens is 264 g/mol. The first kappa shape index (κ1) is 16.0. The van der Waals surface area contributed by atoms with Crippen molar-refractivity contribution in [1.82, 2.24) is 0 Å². The number of hydrogen-bond donors (Lipinski definition) is 0. The van der Waals surface area contributed by atoms with Gasteiger partial charge in [0.1, 0.15) is 12.7 Å². The minimum atomic E-state index is 0.343. The summed E-state index contributed by atoms with van der Waals surface area (Å²) >= 11 is 1.70. The largest absolute Gasteiger partial charge is 0.406 e. The third-order valence-electron chi connectivity index (χ3n) is 2.21. The molecule has 4 nitrogen and oxygen atoms in total. The van der Waals surface area contributed by atoms with Gasteiger partial charge in [-0.1, -0.05) is 0 Å². The summed E-state index contributed by atoms with van der Waals surface area (Å²) in [6.07, 6.45) is 2.64. The fourth-order valence-electron chi connectivity index (χ4n) is 1.31. The maximum absolute atomic E-state index is 5.34. The minimum Gasteiger partial charge on any atom is -0.406 e. The molecule has 0 aliphatic heterocycles. The molecule has 1 aromatic rings. The van der Waals surface area contributed by atoms with Gasteiger partial charge < -0.3 is 18.9 Å². The lowest BCUT2D eigenvalue weighted by Gasteiger charge is -2.02. The van der Waals surface area contributed by atoms with Crippen LogP contribution in [0.1, 0.15) is 9.75 Å². The van der Waals surface area contributed by atoms with Gasteiger partial charge in [0.25, 0.3) is 0 Å².